The topological polar surface area (TPSA) is 49.8 Å². The highest BCUT2D eigenvalue weighted by Crippen LogP contribution is 2.34. The van der Waals surface area contributed by atoms with Crippen LogP contribution in [0.15, 0.2) is 27.1 Å². The molecule has 1 heterocycles. The van der Waals surface area contributed by atoms with Crippen molar-refractivity contribution in [3.05, 3.63) is 38.5 Å². The molecule has 0 bridgehead atoms. The van der Waals surface area contributed by atoms with Crippen LogP contribution in [0.25, 0.3) is 0 Å². The molecular weight excluding hydrogens is 396 g/mol. The number of rotatable bonds is 4. The summed E-state index contributed by atoms with van der Waals surface area (Å²) in [5.41, 5.74) is 1.95. The van der Waals surface area contributed by atoms with Crippen LogP contribution in [0.1, 0.15) is 31.2 Å². The zero-order valence-electron chi connectivity index (χ0n) is 12.5. The van der Waals surface area contributed by atoms with Crippen molar-refractivity contribution in [3.8, 4) is 0 Å². The van der Waals surface area contributed by atoms with Gasteiger partial charge in [-0.15, -0.1) is 0 Å². The van der Waals surface area contributed by atoms with Crippen LogP contribution in [0, 0.1) is 6.92 Å². The van der Waals surface area contributed by atoms with Crippen LogP contribution in [0.3, 0.4) is 0 Å². The van der Waals surface area contributed by atoms with Crippen molar-refractivity contribution in [3.63, 3.8) is 0 Å². The normalized spacial score (nSPS) is 10.8. The highest BCUT2D eigenvalue weighted by atomic mass is 79.9. The van der Waals surface area contributed by atoms with Crippen LogP contribution in [0.5, 0.6) is 0 Å². The van der Waals surface area contributed by atoms with E-state index in [-0.39, 0.29) is 5.92 Å². The molecule has 1 aromatic carbocycles. The Hall–Kier alpha value is -1.14. The molecule has 2 aromatic rings. The first kappa shape index (κ1) is 16.2. The third-order valence-corrected chi connectivity index (χ3v) is 4.44. The molecule has 6 heteroatoms. The summed E-state index contributed by atoms with van der Waals surface area (Å²) in [6, 6.07) is 5.96. The number of nitrogens with zero attached hydrogens (tertiary/aromatic N) is 2. The van der Waals surface area contributed by atoms with E-state index in [2.05, 4.69) is 66.3 Å². The summed E-state index contributed by atoms with van der Waals surface area (Å²) in [5.74, 6) is 2.74. The van der Waals surface area contributed by atoms with Gasteiger partial charge in [0.15, 0.2) is 0 Å². The number of halogens is 2. The van der Waals surface area contributed by atoms with Crippen molar-refractivity contribution >= 4 is 49.2 Å². The standard InChI is InChI=1S/C15H18Br2N4/c1-8(2)13-20-14(18-4)9(3)15(21-13)19-12-10(16)6-5-7-11(12)17/h5-8H,1-4H3,(H2,18,19,20,21). The Kier molecular flexibility index (Phi) is 5.22. The molecule has 0 spiro atoms. The average Bonchev–Trinajstić information content (AvgIpc) is 2.44. The predicted octanol–water partition coefficient (Wildman–Crippen LogP) is 5.22. The van der Waals surface area contributed by atoms with E-state index in [0.717, 1.165) is 37.7 Å². The lowest BCUT2D eigenvalue weighted by Gasteiger charge is -2.16. The molecule has 0 aliphatic heterocycles. The van der Waals surface area contributed by atoms with Crippen molar-refractivity contribution in [1.82, 2.24) is 9.97 Å². The summed E-state index contributed by atoms with van der Waals surface area (Å²) < 4.78 is 1.96. The maximum atomic E-state index is 4.65. The van der Waals surface area contributed by atoms with E-state index in [1.807, 2.05) is 32.2 Å². The molecule has 21 heavy (non-hydrogen) atoms. The van der Waals surface area contributed by atoms with Crippen LogP contribution >= 0.6 is 31.9 Å². The Morgan fingerprint density at radius 2 is 1.62 bits per heavy atom. The number of hydrogen-bond acceptors (Lipinski definition) is 4. The number of aromatic nitrogens is 2. The van der Waals surface area contributed by atoms with Gasteiger partial charge in [0.05, 0.1) is 5.69 Å². The van der Waals surface area contributed by atoms with E-state index in [9.17, 15) is 0 Å². The Bertz CT molecular complexity index is 636. The largest absolute Gasteiger partial charge is 0.373 e. The lowest BCUT2D eigenvalue weighted by atomic mass is 10.2. The van der Waals surface area contributed by atoms with E-state index in [0.29, 0.717) is 0 Å². The maximum Gasteiger partial charge on any atom is 0.139 e. The second-order valence-electron chi connectivity index (χ2n) is 5.03. The van der Waals surface area contributed by atoms with Crippen molar-refractivity contribution in [2.24, 2.45) is 0 Å². The molecule has 0 saturated carbocycles. The number of benzene rings is 1. The number of nitrogens with one attached hydrogen (secondary N) is 2. The highest BCUT2D eigenvalue weighted by Gasteiger charge is 2.14. The third kappa shape index (κ3) is 3.55. The minimum Gasteiger partial charge on any atom is -0.373 e. The summed E-state index contributed by atoms with van der Waals surface area (Å²) in [7, 11) is 1.87. The molecular formula is C15H18Br2N4. The molecule has 0 fully saturated rings. The van der Waals surface area contributed by atoms with Crippen LogP contribution in [-0.4, -0.2) is 17.0 Å². The lowest BCUT2D eigenvalue weighted by molar-refractivity contribution is 0.775. The zero-order valence-corrected chi connectivity index (χ0v) is 15.6. The first-order valence-corrected chi connectivity index (χ1v) is 8.30. The number of anilines is 3. The molecule has 0 aliphatic carbocycles. The molecule has 0 unspecified atom stereocenters. The summed E-state index contributed by atoms with van der Waals surface area (Å²) >= 11 is 7.12. The van der Waals surface area contributed by atoms with Gasteiger partial charge >= 0.3 is 0 Å². The summed E-state index contributed by atoms with van der Waals surface area (Å²) in [5, 5.41) is 6.53. The Morgan fingerprint density at radius 1 is 1.05 bits per heavy atom. The molecule has 1 aromatic heterocycles. The fourth-order valence-electron chi connectivity index (χ4n) is 1.89. The van der Waals surface area contributed by atoms with Crippen molar-refractivity contribution in [2.45, 2.75) is 26.7 Å². The number of hydrogen-bond donors (Lipinski definition) is 2. The SMILES string of the molecule is CNc1nc(C(C)C)nc(Nc2c(Br)cccc2Br)c1C. The lowest BCUT2D eigenvalue weighted by Crippen LogP contribution is -2.08. The van der Waals surface area contributed by atoms with Gasteiger partial charge in [0.1, 0.15) is 17.5 Å². The van der Waals surface area contributed by atoms with E-state index < -0.39 is 0 Å². The minimum absolute atomic E-state index is 0.265. The number of para-hydroxylation sites is 1. The first-order valence-electron chi connectivity index (χ1n) is 6.71. The molecule has 0 saturated heterocycles. The second kappa shape index (κ2) is 6.75. The first-order chi connectivity index (χ1) is 9.93. The predicted molar refractivity (Wildman–Crippen MR) is 95.5 cm³/mol. The molecule has 0 radical (unpaired) electrons. The smallest absolute Gasteiger partial charge is 0.139 e. The van der Waals surface area contributed by atoms with E-state index in [1.54, 1.807) is 0 Å². The van der Waals surface area contributed by atoms with E-state index >= 15 is 0 Å². The average molecular weight is 414 g/mol. The molecule has 0 atom stereocenters. The van der Waals surface area contributed by atoms with Crippen LogP contribution < -0.4 is 10.6 Å². The van der Waals surface area contributed by atoms with Crippen LogP contribution in [-0.2, 0) is 0 Å². The maximum absolute atomic E-state index is 4.65. The molecule has 112 valence electrons. The zero-order chi connectivity index (χ0) is 15.6. The Labute approximate surface area is 142 Å². The van der Waals surface area contributed by atoms with Crippen molar-refractivity contribution in [2.75, 3.05) is 17.7 Å². The van der Waals surface area contributed by atoms with Gasteiger partial charge in [0, 0.05) is 27.5 Å². The van der Waals surface area contributed by atoms with Gasteiger partial charge in [-0.25, -0.2) is 9.97 Å². The summed E-state index contributed by atoms with van der Waals surface area (Å²) in [6.45, 7) is 6.17. The van der Waals surface area contributed by atoms with Crippen LogP contribution in [0.4, 0.5) is 17.3 Å². The van der Waals surface area contributed by atoms with Gasteiger partial charge in [0.25, 0.3) is 0 Å². The molecule has 0 aliphatic rings. The highest BCUT2D eigenvalue weighted by molar-refractivity contribution is 9.11. The van der Waals surface area contributed by atoms with Gasteiger partial charge in [-0.2, -0.15) is 0 Å². The Balaban J connectivity index is 2.51. The summed E-state index contributed by atoms with van der Waals surface area (Å²) in [4.78, 5) is 9.21. The third-order valence-electron chi connectivity index (χ3n) is 3.12. The van der Waals surface area contributed by atoms with Gasteiger partial charge in [-0.05, 0) is 50.9 Å². The van der Waals surface area contributed by atoms with E-state index in [4.69, 9.17) is 0 Å². The van der Waals surface area contributed by atoms with Gasteiger partial charge in [0.2, 0.25) is 0 Å². The molecule has 2 rings (SSSR count). The molecule has 4 nitrogen and oxygen atoms in total. The Morgan fingerprint density at radius 3 is 2.14 bits per heavy atom. The summed E-state index contributed by atoms with van der Waals surface area (Å²) in [6.07, 6.45) is 0. The van der Waals surface area contributed by atoms with Crippen LogP contribution in [0.2, 0.25) is 0 Å². The minimum atomic E-state index is 0.265. The van der Waals surface area contributed by atoms with Gasteiger partial charge in [-0.1, -0.05) is 19.9 Å². The van der Waals surface area contributed by atoms with Gasteiger partial charge in [-0.3, -0.25) is 0 Å². The second-order valence-corrected chi connectivity index (χ2v) is 6.74. The van der Waals surface area contributed by atoms with Gasteiger partial charge < -0.3 is 10.6 Å². The monoisotopic (exact) mass is 412 g/mol. The fraction of sp³-hybridized carbons (Fsp3) is 0.333. The quantitative estimate of drug-likeness (QED) is 0.721. The fourth-order valence-corrected chi connectivity index (χ4v) is 3.09. The molecule has 2 N–H and O–H groups in total. The van der Waals surface area contributed by atoms with Crippen molar-refractivity contribution < 1.29 is 0 Å². The molecule has 0 amide bonds. The van der Waals surface area contributed by atoms with E-state index in [1.165, 1.54) is 0 Å². The van der Waals surface area contributed by atoms with Crippen molar-refractivity contribution in [1.29, 1.82) is 0 Å².